The molecule has 0 amide bonds. The summed E-state index contributed by atoms with van der Waals surface area (Å²) < 4.78 is 27.6. The first-order valence-electron chi connectivity index (χ1n) is 4.74. The normalized spacial score (nSPS) is 14.1. The van der Waals surface area contributed by atoms with Gasteiger partial charge < -0.3 is 9.67 Å². The van der Waals surface area contributed by atoms with Gasteiger partial charge in [-0.25, -0.2) is 13.1 Å². The van der Waals surface area contributed by atoms with Gasteiger partial charge in [0.15, 0.2) is 0 Å². The van der Waals surface area contributed by atoms with Gasteiger partial charge in [-0.15, -0.1) is 0 Å². The van der Waals surface area contributed by atoms with Crippen LogP contribution in [0.4, 0.5) is 0 Å². The smallest absolute Gasteiger partial charge is 0.242 e. The third-order valence-corrected chi connectivity index (χ3v) is 3.66. The van der Waals surface area contributed by atoms with Gasteiger partial charge in [-0.3, -0.25) is 0 Å². The Balaban J connectivity index is 2.84. The van der Waals surface area contributed by atoms with Crippen LogP contribution in [0.25, 0.3) is 0 Å². The van der Waals surface area contributed by atoms with Gasteiger partial charge >= 0.3 is 0 Å². The van der Waals surface area contributed by atoms with E-state index < -0.39 is 16.1 Å². The van der Waals surface area contributed by atoms with Crippen LogP contribution >= 0.6 is 0 Å². The lowest BCUT2D eigenvalue weighted by Gasteiger charge is -2.13. The summed E-state index contributed by atoms with van der Waals surface area (Å²) in [4.78, 5) is 0.219. The van der Waals surface area contributed by atoms with Crippen molar-refractivity contribution in [2.75, 3.05) is 6.61 Å². The molecule has 15 heavy (non-hydrogen) atoms. The van der Waals surface area contributed by atoms with Gasteiger partial charge in [-0.1, -0.05) is 6.92 Å². The van der Waals surface area contributed by atoms with Crippen molar-refractivity contribution in [2.24, 2.45) is 7.05 Å². The Hall–Kier alpha value is -0.850. The van der Waals surface area contributed by atoms with Crippen LogP contribution in [0.2, 0.25) is 0 Å². The van der Waals surface area contributed by atoms with Crippen molar-refractivity contribution in [3.05, 3.63) is 18.5 Å². The number of hydrogen-bond acceptors (Lipinski definition) is 3. The average molecular weight is 232 g/mol. The molecule has 0 aliphatic heterocycles. The molecule has 0 fully saturated rings. The van der Waals surface area contributed by atoms with Crippen LogP contribution in [0.5, 0.6) is 0 Å². The minimum atomic E-state index is -3.49. The Morgan fingerprint density at radius 1 is 1.60 bits per heavy atom. The maximum atomic E-state index is 11.7. The third kappa shape index (κ3) is 3.05. The molecule has 0 saturated carbocycles. The summed E-state index contributed by atoms with van der Waals surface area (Å²) in [5.74, 6) is 0. The number of aromatic nitrogens is 1. The van der Waals surface area contributed by atoms with Crippen LogP contribution in [0.1, 0.15) is 13.3 Å². The van der Waals surface area contributed by atoms with E-state index in [9.17, 15) is 8.42 Å². The number of nitrogens with zero attached hydrogens (tertiary/aromatic N) is 1. The molecule has 1 aromatic heterocycles. The molecule has 6 heteroatoms. The van der Waals surface area contributed by atoms with Crippen LogP contribution < -0.4 is 4.72 Å². The zero-order chi connectivity index (χ0) is 11.5. The number of hydrogen-bond donors (Lipinski definition) is 2. The van der Waals surface area contributed by atoms with Gasteiger partial charge in [0.2, 0.25) is 10.0 Å². The molecule has 1 aromatic rings. The van der Waals surface area contributed by atoms with Crippen molar-refractivity contribution in [1.29, 1.82) is 0 Å². The molecule has 5 nitrogen and oxygen atoms in total. The summed E-state index contributed by atoms with van der Waals surface area (Å²) in [7, 11) is -1.74. The molecule has 0 aromatic carbocycles. The fraction of sp³-hybridized carbons (Fsp3) is 0.556. The van der Waals surface area contributed by atoms with Crippen LogP contribution in [0, 0.1) is 0 Å². The first-order valence-corrected chi connectivity index (χ1v) is 6.23. The Kier molecular flexibility index (Phi) is 3.90. The van der Waals surface area contributed by atoms with Crippen LogP contribution in [-0.4, -0.2) is 30.7 Å². The van der Waals surface area contributed by atoms with E-state index in [0.29, 0.717) is 6.42 Å². The van der Waals surface area contributed by atoms with Crippen LogP contribution in [0.3, 0.4) is 0 Å². The lowest BCUT2D eigenvalue weighted by atomic mass is 10.3. The van der Waals surface area contributed by atoms with Gasteiger partial charge in [0.25, 0.3) is 0 Å². The molecular weight excluding hydrogens is 216 g/mol. The molecule has 2 N–H and O–H groups in total. The Morgan fingerprint density at radius 3 is 2.67 bits per heavy atom. The molecule has 1 rings (SSSR count). The van der Waals surface area contributed by atoms with E-state index in [0.717, 1.165) is 0 Å². The summed E-state index contributed by atoms with van der Waals surface area (Å²) >= 11 is 0. The second-order valence-electron chi connectivity index (χ2n) is 3.42. The molecule has 1 heterocycles. The molecule has 86 valence electrons. The maximum Gasteiger partial charge on any atom is 0.242 e. The molecule has 0 aliphatic carbocycles. The number of rotatable bonds is 5. The van der Waals surface area contributed by atoms with E-state index in [1.807, 2.05) is 6.92 Å². The van der Waals surface area contributed by atoms with Gasteiger partial charge in [-0.2, -0.15) is 0 Å². The van der Waals surface area contributed by atoms with Crippen LogP contribution in [0.15, 0.2) is 23.4 Å². The quantitative estimate of drug-likeness (QED) is 0.755. The topological polar surface area (TPSA) is 71.3 Å². The standard InChI is InChI=1S/C9H16N2O3S/c1-3-8(7-12)10-15(13,14)9-4-5-11(2)6-9/h4-6,8,10,12H,3,7H2,1-2H3. The largest absolute Gasteiger partial charge is 0.395 e. The summed E-state index contributed by atoms with van der Waals surface area (Å²) in [5, 5.41) is 8.91. The summed E-state index contributed by atoms with van der Waals surface area (Å²) in [6, 6.07) is 1.10. The van der Waals surface area contributed by atoms with E-state index in [1.54, 1.807) is 17.8 Å². The molecule has 0 saturated heterocycles. The Labute approximate surface area is 89.8 Å². The van der Waals surface area contributed by atoms with Gasteiger partial charge in [0.05, 0.1) is 11.5 Å². The average Bonchev–Trinajstić information content (AvgIpc) is 2.62. The molecule has 0 bridgehead atoms. The highest BCUT2D eigenvalue weighted by atomic mass is 32.2. The fourth-order valence-corrected chi connectivity index (χ4v) is 2.54. The minimum Gasteiger partial charge on any atom is -0.395 e. The summed E-state index contributed by atoms with van der Waals surface area (Å²) in [5.41, 5.74) is 0. The monoisotopic (exact) mass is 232 g/mol. The first-order chi connectivity index (χ1) is 6.99. The highest BCUT2D eigenvalue weighted by Gasteiger charge is 2.18. The molecule has 1 atom stereocenters. The van der Waals surface area contributed by atoms with Crippen molar-refractivity contribution in [2.45, 2.75) is 24.3 Å². The van der Waals surface area contributed by atoms with Crippen molar-refractivity contribution in [3.8, 4) is 0 Å². The Morgan fingerprint density at radius 2 is 2.27 bits per heavy atom. The fourth-order valence-electron chi connectivity index (χ4n) is 1.17. The second-order valence-corrected chi connectivity index (χ2v) is 5.14. The van der Waals surface area contributed by atoms with E-state index in [1.165, 1.54) is 12.3 Å². The maximum absolute atomic E-state index is 11.7. The van der Waals surface area contributed by atoms with E-state index >= 15 is 0 Å². The number of sulfonamides is 1. The molecule has 1 unspecified atom stereocenters. The van der Waals surface area contributed by atoms with Gasteiger partial charge in [0.1, 0.15) is 0 Å². The minimum absolute atomic E-state index is 0.192. The lowest BCUT2D eigenvalue weighted by Crippen LogP contribution is -2.36. The number of aliphatic hydroxyl groups is 1. The number of nitrogens with one attached hydrogen (secondary N) is 1. The van der Waals surface area contributed by atoms with Crippen molar-refractivity contribution in [3.63, 3.8) is 0 Å². The first kappa shape index (κ1) is 12.2. The molecule has 0 spiro atoms. The van der Waals surface area contributed by atoms with Crippen LogP contribution in [-0.2, 0) is 17.1 Å². The van der Waals surface area contributed by atoms with E-state index in [-0.39, 0.29) is 11.5 Å². The van der Waals surface area contributed by atoms with Gasteiger partial charge in [-0.05, 0) is 12.5 Å². The highest BCUT2D eigenvalue weighted by Crippen LogP contribution is 2.09. The van der Waals surface area contributed by atoms with Crippen molar-refractivity contribution < 1.29 is 13.5 Å². The third-order valence-electron chi connectivity index (χ3n) is 2.15. The summed E-state index contributed by atoms with van der Waals surface area (Å²) in [6.07, 6.45) is 3.74. The summed E-state index contributed by atoms with van der Waals surface area (Å²) in [6.45, 7) is 1.62. The predicted octanol–water partition coefficient (Wildman–Crippen LogP) is 0.0743. The second kappa shape index (κ2) is 4.78. The van der Waals surface area contributed by atoms with E-state index in [2.05, 4.69) is 4.72 Å². The van der Waals surface area contributed by atoms with E-state index in [4.69, 9.17) is 5.11 Å². The van der Waals surface area contributed by atoms with Crippen molar-refractivity contribution in [1.82, 2.24) is 9.29 Å². The number of aliphatic hydroxyl groups excluding tert-OH is 1. The molecule has 0 radical (unpaired) electrons. The zero-order valence-electron chi connectivity index (χ0n) is 8.84. The van der Waals surface area contributed by atoms with Crippen molar-refractivity contribution >= 4 is 10.0 Å². The highest BCUT2D eigenvalue weighted by molar-refractivity contribution is 7.89. The molecular formula is C9H16N2O3S. The predicted molar refractivity (Wildman–Crippen MR) is 56.9 cm³/mol. The zero-order valence-corrected chi connectivity index (χ0v) is 9.66. The molecule has 0 aliphatic rings. The number of aryl methyl sites for hydroxylation is 1. The Bertz CT molecular complexity index is 407. The SMILES string of the molecule is CCC(CO)NS(=O)(=O)c1ccn(C)c1. The van der Waals surface area contributed by atoms with Gasteiger partial charge in [0, 0.05) is 25.5 Å². The lowest BCUT2D eigenvalue weighted by molar-refractivity contribution is 0.254.